The molecule has 0 fully saturated rings. The van der Waals surface area contributed by atoms with Crippen LogP contribution in [0.4, 0.5) is 0 Å². The second-order valence-electron chi connectivity index (χ2n) is 4.63. The largest absolute Gasteiger partial charge is 0.242 e. The third-order valence-electron chi connectivity index (χ3n) is 3.21. The maximum Gasteiger partial charge on any atom is 0.242 e. The molecule has 0 unspecified atom stereocenters. The fourth-order valence-corrected chi connectivity index (χ4v) is 3.13. The number of nitrogens with zero attached hydrogens (tertiary/aromatic N) is 2. The van der Waals surface area contributed by atoms with Crippen molar-refractivity contribution in [1.29, 1.82) is 5.26 Å². The second-order valence-corrected chi connectivity index (χ2v) is 6.67. The highest BCUT2D eigenvalue weighted by molar-refractivity contribution is 7.89. The molecule has 0 spiro atoms. The average molecular weight is 300 g/mol. The summed E-state index contributed by atoms with van der Waals surface area (Å²) in [6, 6.07) is 18.5. The van der Waals surface area contributed by atoms with Gasteiger partial charge in [0.2, 0.25) is 10.0 Å². The van der Waals surface area contributed by atoms with E-state index in [1.165, 1.54) is 11.4 Å². The predicted molar refractivity (Wildman–Crippen MR) is 81.9 cm³/mol. The number of hydrogen-bond acceptors (Lipinski definition) is 3. The molecule has 0 aliphatic rings. The molecule has 0 heterocycles. The normalized spacial score (nSPS) is 11.3. The minimum Gasteiger partial charge on any atom is -0.207 e. The standard InChI is InChI=1S/C16H16N2O2S/c1-18(13-5-12-17)21(19,20)16-10-8-15(9-11-16)14-6-3-2-4-7-14/h2-4,6-11H,5,13H2,1H3. The van der Waals surface area contributed by atoms with Gasteiger partial charge in [-0.05, 0) is 23.3 Å². The SMILES string of the molecule is CN(CCC#N)S(=O)(=O)c1ccc(-c2ccccc2)cc1. The van der Waals surface area contributed by atoms with E-state index in [1.54, 1.807) is 24.3 Å². The van der Waals surface area contributed by atoms with E-state index in [4.69, 9.17) is 5.26 Å². The Labute approximate surface area is 125 Å². The fraction of sp³-hybridized carbons (Fsp3) is 0.188. The molecule has 2 aromatic carbocycles. The molecule has 5 heteroatoms. The van der Waals surface area contributed by atoms with Crippen molar-refractivity contribution in [2.75, 3.05) is 13.6 Å². The molecule has 0 saturated heterocycles. The molecule has 0 amide bonds. The van der Waals surface area contributed by atoms with Crippen molar-refractivity contribution in [3.8, 4) is 17.2 Å². The van der Waals surface area contributed by atoms with Crippen molar-refractivity contribution in [1.82, 2.24) is 4.31 Å². The summed E-state index contributed by atoms with van der Waals surface area (Å²) in [5, 5.41) is 8.54. The molecular formula is C16H16N2O2S. The van der Waals surface area contributed by atoms with Crippen LogP contribution in [0.3, 0.4) is 0 Å². The van der Waals surface area contributed by atoms with Crippen LogP contribution in [0.1, 0.15) is 6.42 Å². The van der Waals surface area contributed by atoms with Gasteiger partial charge in [0.1, 0.15) is 0 Å². The van der Waals surface area contributed by atoms with Crippen molar-refractivity contribution >= 4 is 10.0 Å². The van der Waals surface area contributed by atoms with Gasteiger partial charge in [0.25, 0.3) is 0 Å². The maximum atomic E-state index is 12.3. The van der Waals surface area contributed by atoms with Crippen LogP contribution in [0, 0.1) is 11.3 Å². The molecule has 0 bridgehead atoms. The number of sulfonamides is 1. The first-order chi connectivity index (χ1) is 10.1. The molecule has 0 aromatic heterocycles. The van der Waals surface area contributed by atoms with Gasteiger partial charge in [-0.3, -0.25) is 0 Å². The lowest BCUT2D eigenvalue weighted by Crippen LogP contribution is -2.27. The molecule has 21 heavy (non-hydrogen) atoms. The van der Waals surface area contributed by atoms with E-state index in [2.05, 4.69) is 0 Å². The Bertz CT molecular complexity index is 732. The van der Waals surface area contributed by atoms with Gasteiger partial charge < -0.3 is 0 Å². The average Bonchev–Trinajstić information content (AvgIpc) is 2.53. The zero-order valence-electron chi connectivity index (χ0n) is 11.7. The second kappa shape index (κ2) is 6.53. The van der Waals surface area contributed by atoms with Crippen LogP contribution in [-0.2, 0) is 10.0 Å². The van der Waals surface area contributed by atoms with E-state index in [1.807, 2.05) is 36.4 Å². The Kier molecular flexibility index (Phi) is 4.73. The van der Waals surface area contributed by atoms with Crippen molar-refractivity contribution < 1.29 is 8.42 Å². The Morgan fingerprint density at radius 2 is 1.57 bits per heavy atom. The van der Waals surface area contributed by atoms with Gasteiger partial charge in [-0.1, -0.05) is 42.5 Å². The Balaban J connectivity index is 2.25. The van der Waals surface area contributed by atoms with E-state index < -0.39 is 10.0 Å². The van der Waals surface area contributed by atoms with Crippen LogP contribution in [0.5, 0.6) is 0 Å². The summed E-state index contributed by atoms with van der Waals surface area (Å²) >= 11 is 0. The highest BCUT2D eigenvalue weighted by Crippen LogP contribution is 2.22. The zero-order valence-corrected chi connectivity index (χ0v) is 12.5. The molecule has 4 nitrogen and oxygen atoms in total. The number of nitriles is 1. The van der Waals surface area contributed by atoms with Crippen LogP contribution in [0.2, 0.25) is 0 Å². The number of hydrogen-bond donors (Lipinski definition) is 0. The van der Waals surface area contributed by atoms with Gasteiger partial charge >= 0.3 is 0 Å². The summed E-state index contributed by atoms with van der Waals surface area (Å²) in [7, 11) is -2.04. The molecule has 0 radical (unpaired) electrons. The number of benzene rings is 2. The smallest absolute Gasteiger partial charge is 0.207 e. The Morgan fingerprint density at radius 1 is 1.00 bits per heavy atom. The first-order valence-electron chi connectivity index (χ1n) is 6.54. The van der Waals surface area contributed by atoms with Crippen molar-refractivity contribution in [3.05, 3.63) is 54.6 Å². The van der Waals surface area contributed by atoms with Gasteiger partial charge in [0, 0.05) is 20.0 Å². The molecule has 0 saturated carbocycles. The summed E-state index contributed by atoms with van der Waals surface area (Å²) in [6.45, 7) is 0.194. The monoisotopic (exact) mass is 300 g/mol. The summed E-state index contributed by atoms with van der Waals surface area (Å²) in [6.07, 6.45) is 0.178. The van der Waals surface area contributed by atoms with Crippen molar-refractivity contribution in [3.63, 3.8) is 0 Å². The first-order valence-corrected chi connectivity index (χ1v) is 7.98. The lowest BCUT2D eigenvalue weighted by molar-refractivity contribution is 0.476. The van der Waals surface area contributed by atoms with Crippen LogP contribution >= 0.6 is 0 Å². The van der Waals surface area contributed by atoms with E-state index in [0.717, 1.165) is 11.1 Å². The highest BCUT2D eigenvalue weighted by atomic mass is 32.2. The quantitative estimate of drug-likeness (QED) is 0.853. The van der Waals surface area contributed by atoms with Crippen LogP contribution < -0.4 is 0 Å². The minimum absolute atomic E-state index is 0.178. The fourth-order valence-electron chi connectivity index (χ4n) is 1.96. The van der Waals surface area contributed by atoms with E-state index in [-0.39, 0.29) is 17.9 Å². The van der Waals surface area contributed by atoms with E-state index in [9.17, 15) is 8.42 Å². The molecule has 0 aliphatic carbocycles. The molecule has 0 atom stereocenters. The Morgan fingerprint density at radius 3 is 2.14 bits per heavy atom. The predicted octanol–water partition coefficient (Wildman–Crippen LogP) is 2.89. The van der Waals surface area contributed by atoms with Gasteiger partial charge in [0.15, 0.2) is 0 Å². The lowest BCUT2D eigenvalue weighted by atomic mass is 10.1. The van der Waals surface area contributed by atoms with E-state index >= 15 is 0 Å². The molecule has 2 rings (SSSR count). The van der Waals surface area contributed by atoms with Gasteiger partial charge in [0.05, 0.1) is 11.0 Å². The van der Waals surface area contributed by atoms with Gasteiger partial charge in [-0.2, -0.15) is 9.57 Å². The third kappa shape index (κ3) is 3.48. The molecule has 2 aromatic rings. The van der Waals surface area contributed by atoms with Crippen LogP contribution in [0.25, 0.3) is 11.1 Å². The highest BCUT2D eigenvalue weighted by Gasteiger charge is 2.20. The maximum absolute atomic E-state index is 12.3. The van der Waals surface area contributed by atoms with Crippen molar-refractivity contribution in [2.45, 2.75) is 11.3 Å². The molecular weight excluding hydrogens is 284 g/mol. The summed E-state index contributed by atoms with van der Waals surface area (Å²) < 4.78 is 25.8. The minimum atomic E-state index is -3.53. The molecule has 108 valence electrons. The summed E-state index contributed by atoms with van der Waals surface area (Å²) in [5.41, 5.74) is 2.01. The third-order valence-corrected chi connectivity index (χ3v) is 5.08. The molecule has 0 N–H and O–H groups in total. The topological polar surface area (TPSA) is 61.2 Å². The summed E-state index contributed by atoms with van der Waals surface area (Å²) in [4.78, 5) is 0.239. The zero-order chi connectivity index (χ0) is 15.3. The lowest BCUT2D eigenvalue weighted by Gasteiger charge is -2.15. The van der Waals surface area contributed by atoms with Gasteiger partial charge in [-0.15, -0.1) is 0 Å². The summed E-state index contributed by atoms with van der Waals surface area (Å²) in [5.74, 6) is 0. The van der Waals surface area contributed by atoms with E-state index in [0.29, 0.717) is 0 Å². The van der Waals surface area contributed by atoms with Crippen LogP contribution in [-0.4, -0.2) is 26.3 Å². The van der Waals surface area contributed by atoms with Crippen LogP contribution in [0.15, 0.2) is 59.5 Å². The number of rotatable bonds is 5. The first kappa shape index (κ1) is 15.2. The van der Waals surface area contributed by atoms with Crippen molar-refractivity contribution in [2.24, 2.45) is 0 Å². The van der Waals surface area contributed by atoms with Gasteiger partial charge in [-0.25, -0.2) is 8.42 Å². The Hall–Kier alpha value is -2.16. The molecule has 0 aliphatic heterocycles.